The predicted octanol–water partition coefficient (Wildman–Crippen LogP) is 1.72. The smallest absolute Gasteiger partial charge is 0.410 e. The minimum Gasteiger partial charge on any atom is -0.444 e. The van der Waals surface area contributed by atoms with Crippen molar-refractivity contribution >= 4 is 11.9 Å². The average molecular weight is 294 g/mol. The summed E-state index contributed by atoms with van der Waals surface area (Å²) in [5.41, 5.74) is 0.351. The highest BCUT2D eigenvalue weighted by Gasteiger charge is 2.24. The van der Waals surface area contributed by atoms with E-state index in [1.165, 1.54) is 0 Å². The van der Waals surface area contributed by atoms with Crippen molar-refractivity contribution in [3.63, 3.8) is 0 Å². The zero-order chi connectivity index (χ0) is 15.5. The molecule has 0 aliphatic carbocycles. The van der Waals surface area contributed by atoms with Gasteiger partial charge in [-0.25, -0.2) is 4.79 Å². The Hall–Kier alpha value is -2.05. The number of rotatable bonds is 2. The van der Waals surface area contributed by atoms with Crippen LogP contribution in [0.3, 0.4) is 0 Å². The van der Waals surface area contributed by atoms with Gasteiger partial charge in [0.25, 0.3) is 0 Å². The van der Waals surface area contributed by atoms with Crippen LogP contribution in [0.15, 0.2) is 15.6 Å². The Morgan fingerprint density at radius 3 is 2.90 bits per heavy atom. The van der Waals surface area contributed by atoms with Crippen molar-refractivity contribution in [2.75, 3.05) is 19.6 Å². The zero-order valence-corrected chi connectivity index (χ0v) is 13.0. The molecule has 1 aromatic rings. The van der Waals surface area contributed by atoms with Crippen LogP contribution in [0, 0.1) is 6.92 Å². The van der Waals surface area contributed by atoms with Crippen molar-refractivity contribution < 1.29 is 14.1 Å². The minimum absolute atomic E-state index is 0.313. The van der Waals surface area contributed by atoms with Gasteiger partial charge in [-0.15, -0.1) is 0 Å². The van der Waals surface area contributed by atoms with E-state index >= 15 is 0 Å². The highest BCUT2D eigenvalue weighted by molar-refractivity contribution is 5.87. The van der Waals surface area contributed by atoms with E-state index in [1.54, 1.807) is 4.90 Å². The van der Waals surface area contributed by atoms with Crippen LogP contribution in [0.2, 0.25) is 0 Å². The number of aryl methyl sites for hydroxylation is 1. The Bertz CT molecular complexity index is 531. The quantitative estimate of drug-likeness (QED) is 0.898. The third-order valence-electron chi connectivity index (χ3n) is 2.81. The Morgan fingerprint density at radius 1 is 1.52 bits per heavy atom. The number of carbonyl (C=O) groups excluding carboxylic acids is 1. The fourth-order valence-corrected chi connectivity index (χ4v) is 1.90. The molecular formula is C14H22N4O3. The Balaban J connectivity index is 1.85. The number of nitrogens with zero attached hydrogens (tertiary/aromatic N) is 3. The van der Waals surface area contributed by atoms with E-state index in [0.717, 1.165) is 17.3 Å². The summed E-state index contributed by atoms with van der Waals surface area (Å²) < 4.78 is 10.5. The summed E-state index contributed by atoms with van der Waals surface area (Å²) >= 11 is 0. The molecule has 0 unspecified atom stereocenters. The van der Waals surface area contributed by atoms with Crippen molar-refractivity contribution in [3.8, 4) is 0 Å². The van der Waals surface area contributed by atoms with E-state index in [9.17, 15) is 4.79 Å². The third kappa shape index (κ3) is 4.77. The monoisotopic (exact) mass is 294 g/mol. The van der Waals surface area contributed by atoms with Crippen molar-refractivity contribution in [2.45, 2.75) is 39.8 Å². The normalized spacial score (nSPS) is 15.6. The van der Waals surface area contributed by atoms with Gasteiger partial charge in [-0.2, -0.15) is 0 Å². The number of aromatic nitrogens is 1. The molecule has 7 nitrogen and oxygen atoms in total. The second-order valence-corrected chi connectivity index (χ2v) is 6.02. The van der Waals surface area contributed by atoms with E-state index < -0.39 is 5.60 Å². The lowest BCUT2D eigenvalue weighted by molar-refractivity contribution is 0.0276. The minimum atomic E-state index is -0.489. The SMILES string of the molecule is Cc1cc(CNC2=NCCN(C(=O)OC(C)(C)C)C2)on1. The summed E-state index contributed by atoms with van der Waals surface area (Å²) in [7, 11) is 0. The van der Waals surface area contributed by atoms with Crippen molar-refractivity contribution in [2.24, 2.45) is 4.99 Å². The summed E-state index contributed by atoms with van der Waals surface area (Å²) in [6.45, 7) is 9.49. The second-order valence-electron chi connectivity index (χ2n) is 6.02. The molecule has 7 heteroatoms. The van der Waals surface area contributed by atoms with E-state index in [4.69, 9.17) is 9.26 Å². The molecule has 0 spiro atoms. The van der Waals surface area contributed by atoms with Gasteiger partial charge in [0.05, 0.1) is 25.3 Å². The fraction of sp³-hybridized carbons (Fsp3) is 0.643. The van der Waals surface area contributed by atoms with Crippen LogP contribution in [-0.2, 0) is 11.3 Å². The Labute approximate surface area is 124 Å². The number of ether oxygens (including phenoxy) is 1. The number of amidine groups is 1. The third-order valence-corrected chi connectivity index (χ3v) is 2.81. The summed E-state index contributed by atoms with van der Waals surface area (Å²) in [5.74, 6) is 1.49. The first-order valence-electron chi connectivity index (χ1n) is 7.01. The molecule has 1 aromatic heterocycles. The number of hydrogen-bond acceptors (Lipinski definition) is 6. The first kappa shape index (κ1) is 15.3. The van der Waals surface area contributed by atoms with Crippen LogP contribution in [0.5, 0.6) is 0 Å². The molecule has 21 heavy (non-hydrogen) atoms. The summed E-state index contributed by atoms with van der Waals surface area (Å²) in [4.78, 5) is 18.0. The van der Waals surface area contributed by atoms with Gasteiger partial charge in [0, 0.05) is 12.6 Å². The van der Waals surface area contributed by atoms with Crippen molar-refractivity contribution in [1.29, 1.82) is 0 Å². The molecule has 1 N–H and O–H groups in total. The standard InChI is InChI=1S/C14H22N4O3/c1-10-7-11(21-17-10)8-16-12-9-18(6-5-15-12)13(19)20-14(2,3)4/h7H,5-6,8-9H2,1-4H3,(H,15,16). The zero-order valence-electron chi connectivity index (χ0n) is 13.0. The van der Waals surface area contributed by atoms with E-state index in [1.807, 2.05) is 33.8 Å². The van der Waals surface area contributed by atoms with Crippen LogP contribution in [0.25, 0.3) is 0 Å². The molecule has 2 heterocycles. The van der Waals surface area contributed by atoms with Gasteiger partial charge >= 0.3 is 6.09 Å². The van der Waals surface area contributed by atoms with Gasteiger partial charge in [-0.1, -0.05) is 5.16 Å². The summed E-state index contributed by atoms with van der Waals surface area (Å²) in [5, 5.41) is 6.99. The highest BCUT2D eigenvalue weighted by Crippen LogP contribution is 2.11. The number of hydrogen-bond donors (Lipinski definition) is 1. The molecule has 0 radical (unpaired) electrons. The molecule has 0 atom stereocenters. The van der Waals surface area contributed by atoms with Crippen LogP contribution in [0.4, 0.5) is 4.79 Å². The van der Waals surface area contributed by atoms with Gasteiger partial charge in [-0.3, -0.25) is 9.89 Å². The number of carbonyl (C=O) groups is 1. The Morgan fingerprint density at radius 2 is 2.29 bits per heavy atom. The van der Waals surface area contributed by atoms with Gasteiger partial charge in [0.15, 0.2) is 5.76 Å². The largest absolute Gasteiger partial charge is 0.444 e. The van der Waals surface area contributed by atoms with E-state index in [0.29, 0.717) is 26.2 Å². The lowest BCUT2D eigenvalue weighted by Crippen LogP contribution is -2.47. The molecule has 0 aromatic carbocycles. The van der Waals surface area contributed by atoms with Crippen molar-refractivity contribution in [1.82, 2.24) is 15.4 Å². The molecule has 2 rings (SSSR count). The number of amides is 1. The molecule has 1 aliphatic heterocycles. The molecule has 116 valence electrons. The molecule has 0 saturated heterocycles. The van der Waals surface area contributed by atoms with Gasteiger partial charge < -0.3 is 14.6 Å². The van der Waals surface area contributed by atoms with Gasteiger partial charge in [0.1, 0.15) is 11.4 Å². The topological polar surface area (TPSA) is 80.0 Å². The molecule has 0 saturated carbocycles. The average Bonchev–Trinajstić information content (AvgIpc) is 2.81. The maximum absolute atomic E-state index is 12.0. The first-order valence-corrected chi connectivity index (χ1v) is 7.01. The molecule has 1 amide bonds. The Kier molecular flexibility index (Phi) is 4.50. The lowest BCUT2D eigenvalue weighted by atomic mass is 10.2. The van der Waals surface area contributed by atoms with Crippen LogP contribution in [0.1, 0.15) is 32.2 Å². The van der Waals surface area contributed by atoms with Gasteiger partial charge in [-0.05, 0) is 27.7 Å². The van der Waals surface area contributed by atoms with E-state index in [-0.39, 0.29) is 6.09 Å². The molecular weight excluding hydrogens is 272 g/mol. The lowest BCUT2D eigenvalue weighted by Gasteiger charge is -2.29. The van der Waals surface area contributed by atoms with Crippen molar-refractivity contribution in [3.05, 3.63) is 17.5 Å². The molecule has 0 bridgehead atoms. The summed E-state index contributed by atoms with van der Waals surface area (Å²) in [6, 6.07) is 1.86. The maximum atomic E-state index is 12.0. The fourth-order valence-electron chi connectivity index (χ4n) is 1.90. The van der Waals surface area contributed by atoms with Crippen LogP contribution >= 0.6 is 0 Å². The van der Waals surface area contributed by atoms with Crippen LogP contribution < -0.4 is 5.32 Å². The first-order chi connectivity index (χ1) is 9.83. The molecule has 0 fully saturated rings. The maximum Gasteiger partial charge on any atom is 0.410 e. The highest BCUT2D eigenvalue weighted by atomic mass is 16.6. The summed E-state index contributed by atoms with van der Waals surface area (Å²) in [6.07, 6.45) is -0.313. The predicted molar refractivity (Wildman–Crippen MR) is 78.2 cm³/mol. The van der Waals surface area contributed by atoms with Crippen LogP contribution in [-0.4, -0.2) is 47.2 Å². The molecule has 1 aliphatic rings. The number of aliphatic imine (C=N–C) groups is 1. The second kappa shape index (κ2) is 6.15. The van der Waals surface area contributed by atoms with Gasteiger partial charge in [0.2, 0.25) is 0 Å². The van der Waals surface area contributed by atoms with E-state index in [2.05, 4.69) is 15.5 Å². The number of nitrogens with one attached hydrogen (secondary N) is 1.